The summed E-state index contributed by atoms with van der Waals surface area (Å²) < 4.78 is 39.4. The minimum Gasteiger partial charge on any atom is -0.369 e. The topological polar surface area (TPSA) is 42.2 Å². The molecule has 0 amide bonds. The van der Waals surface area contributed by atoms with Crippen molar-refractivity contribution in [3.63, 3.8) is 0 Å². The summed E-state index contributed by atoms with van der Waals surface area (Å²) in [4.78, 5) is 6.03. The van der Waals surface area contributed by atoms with Gasteiger partial charge in [0.05, 0.1) is 11.1 Å². The Hall–Kier alpha value is -1.82. The van der Waals surface area contributed by atoms with E-state index in [2.05, 4.69) is 4.98 Å². The number of hydrogen-bond acceptors (Lipinski definition) is 3. The van der Waals surface area contributed by atoms with E-state index in [0.717, 1.165) is 30.3 Å². The van der Waals surface area contributed by atoms with Gasteiger partial charge in [-0.25, -0.2) is 0 Å². The number of fused-ring (bicyclic) bond motifs is 1. The zero-order chi connectivity index (χ0) is 15.2. The van der Waals surface area contributed by atoms with Gasteiger partial charge in [0, 0.05) is 36.4 Å². The molecule has 1 saturated heterocycles. The molecule has 1 aromatic carbocycles. The molecular formula is C15H16F3N3. The lowest BCUT2D eigenvalue weighted by molar-refractivity contribution is -0.136. The fourth-order valence-electron chi connectivity index (χ4n) is 2.91. The molecular weight excluding hydrogens is 279 g/mol. The summed E-state index contributed by atoms with van der Waals surface area (Å²) in [6.45, 7) is 3.23. The van der Waals surface area contributed by atoms with Gasteiger partial charge < -0.3 is 10.6 Å². The van der Waals surface area contributed by atoms with Crippen LogP contribution in [0.15, 0.2) is 24.4 Å². The first-order valence-electron chi connectivity index (χ1n) is 6.84. The second kappa shape index (κ2) is 4.87. The minimum absolute atomic E-state index is 0.0143. The SMILES string of the molecule is Cc1ccnc2c(C(F)(F)F)ccc(N3CCC(N)C3)c12. The second-order valence-corrected chi connectivity index (χ2v) is 5.48. The highest BCUT2D eigenvalue weighted by molar-refractivity contribution is 5.96. The Labute approximate surface area is 120 Å². The van der Waals surface area contributed by atoms with Crippen LogP contribution in [-0.2, 0) is 6.18 Å². The number of alkyl halides is 3. The maximum Gasteiger partial charge on any atom is 0.418 e. The highest BCUT2D eigenvalue weighted by Gasteiger charge is 2.34. The summed E-state index contributed by atoms with van der Waals surface area (Å²) in [6, 6.07) is 4.47. The van der Waals surface area contributed by atoms with Gasteiger partial charge in [-0.3, -0.25) is 4.98 Å². The van der Waals surface area contributed by atoms with Crippen molar-refractivity contribution in [1.29, 1.82) is 0 Å². The lowest BCUT2D eigenvalue weighted by atomic mass is 10.0. The number of anilines is 1. The Morgan fingerprint density at radius 2 is 2.05 bits per heavy atom. The molecule has 6 heteroatoms. The van der Waals surface area contributed by atoms with Crippen molar-refractivity contribution in [3.05, 3.63) is 35.5 Å². The minimum atomic E-state index is -4.40. The number of rotatable bonds is 1. The quantitative estimate of drug-likeness (QED) is 0.879. The smallest absolute Gasteiger partial charge is 0.369 e. The van der Waals surface area contributed by atoms with E-state index in [4.69, 9.17) is 5.73 Å². The summed E-state index contributed by atoms with van der Waals surface area (Å²) >= 11 is 0. The molecule has 2 N–H and O–H groups in total. The molecule has 3 nitrogen and oxygen atoms in total. The zero-order valence-corrected chi connectivity index (χ0v) is 11.6. The number of benzene rings is 1. The Bertz CT molecular complexity index is 682. The molecule has 0 aliphatic carbocycles. The van der Waals surface area contributed by atoms with E-state index < -0.39 is 11.7 Å². The highest BCUT2D eigenvalue weighted by Crippen LogP contribution is 2.39. The van der Waals surface area contributed by atoms with Crippen molar-refractivity contribution in [3.8, 4) is 0 Å². The molecule has 0 saturated carbocycles. The van der Waals surface area contributed by atoms with E-state index in [1.165, 1.54) is 12.3 Å². The van der Waals surface area contributed by atoms with Crippen LogP contribution < -0.4 is 10.6 Å². The number of nitrogens with two attached hydrogens (primary N) is 1. The van der Waals surface area contributed by atoms with Crippen LogP contribution in [0.3, 0.4) is 0 Å². The van der Waals surface area contributed by atoms with Crippen molar-refractivity contribution < 1.29 is 13.2 Å². The number of hydrogen-bond donors (Lipinski definition) is 1. The van der Waals surface area contributed by atoms with E-state index in [1.807, 2.05) is 11.8 Å². The van der Waals surface area contributed by atoms with Gasteiger partial charge in [0.2, 0.25) is 0 Å². The predicted octanol–water partition coefficient (Wildman–Crippen LogP) is 3.10. The first kappa shape index (κ1) is 14.1. The van der Waals surface area contributed by atoms with Gasteiger partial charge in [-0.2, -0.15) is 13.2 Å². The van der Waals surface area contributed by atoms with Crippen molar-refractivity contribution in [1.82, 2.24) is 4.98 Å². The van der Waals surface area contributed by atoms with E-state index in [0.29, 0.717) is 11.9 Å². The van der Waals surface area contributed by atoms with Gasteiger partial charge in [0.1, 0.15) is 0 Å². The van der Waals surface area contributed by atoms with Gasteiger partial charge in [-0.05, 0) is 37.1 Å². The first-order valence-corrected chi connectivity index (χ1v) is 6.84. The van der Waals surface area contributed by atoms with Gasteiger partial charge in [0.15, 0.2) is 0 Å². The summed E-state index contributed by atoms with van der Waals surface area (Å²) in [6.07, 6.45) is -2.13. The van der Waals surface area contributed by atoms with E-state index in [1.54, 1.807) is 6.07 Å². The maximum absolute atomic E-state index is 13.1. The molecule has 1 unspecified atom stereocenters. The van der Waals surface area contributed by atoms with Crippen LogP contribution in [0, 0.1) is 6.92 Å². The van der Waals surface area contributed by atoms with E-state index in [-0.39, 0.29) is 11.6 Å². The zero-order valence-electron chi connectivity index (χ0n) is 11.6. The highest BCUT2D eigenvalue weighted by atomic mass is 19.4. The molecule has 1 aromatic heterocycles. The normalized spacial score (nSPS) is 19.5. The number of halogens is 3. The first-order chi connectivity index (χ1) is 9.88. The Morgan fingerprint density at radius 3 is 2.67 bits per heavy atom. The van der Waals surface area contributed by atoms with Crippen molar-refractivity contribution in [2.45, 2.75) is 25.6 Å². The number of pyridine rings is 1. The van der Waals surface area contributed by atoms with Gasteiger partial charge in [-0.1, -0.05) is 0 Å². The maximum atomic E-state index is 13.1. The average molecular weight is 295 g/mol. The molecule has 0 radical (unpaired) electrons. The largest absolute Gasteiger partial charge is 0.418 e. The third-order valence-corrected chi connectivity index (χ3v) is 3.95. The summed E-state index contributed by atoms with van der Waals surface area (Å²) in [7, 11) is 0. The molecule has 0 bridgehead atoms. The van der Waals surface area contributed by atoms with E-state index >= 15 is 0 Å². The Morgan fingerprint density at radius 1 is 1.29 bits per heavy atom. The molecule has 1 aliphatic heterocycles. The molecule has 1 aliphatic rings. The standard InChI is InChI=1S/C15H16F3N3/c1-9-4-6-20-14-11(15(16,17)18)2-3-12(13(9)14)21-7-5-10(19)8-21/h2-4,6,10H,5,7-8,19H2,1H3. The van der Waals surface area contributed by atoms with Crippen LogP contribution in [-0.4, -0.2) is 24.1 Å². The van der Waals surface area contributed by atoms with Crippen molar-refractivity contribution in [2.24, 2.45) is 5.73 Å². The van der Waals surface area contributed by atoms with Crippen LogP contribution in [0.5, 0.6) is 0 Å². The molecule has 21 heavy (non-hydrogen) atoms. The molecule has 112 valence electrons. The summed E-state index contributed by atoms with van der Waals surface area (Å²) in [5.74, 6) is 0. The van der Waals surface area contributed by atoms with Crippen LogP contribution >= 0.6 is 0 Å². The second-order valence-electron chi connectivity index (χ2n) is 5.48. The molecule has 0 spiro atoms. The fraction of sp³-hybridized carbons (Fsp3) is 0.400. The Kier molecular flexibility index (Phi) is 3.28. The lowest BCUT2D eigenvalue weighted by Gasteiger charge is -2.22. The van der Waals surface area contributed by atoms with Crippen LogP contribution in [0.25, 0.3) is 10.9 Å². The summed E-state index contributed by atoms with van der Waals surface area (Å²) in [5, 5.41) is 0.571. The van der Waals surface area contributed by atoms with Crippen molar-refractivity contribution >= 4 is 16.6 Å². The third kappa shape index (κ3) is 2.44. The molecule has 2 aromatic rings. The van der Waals surface area contributed by atoms with Crippen LogP contribution in [0.4, 0.5) is 18.9 Å². The number of nitrogens with zero attached hydrogens (tertiary/aromatic N) is 2. The molecule has 1 fully saturated rings. The van der Waals surface area contributed by atoms with Crippen LogP contribution in [0.1, 0.15) is 17.5 Å². The van der Waals surface area contributed by atoms with Gasteiger partial charge in [0.25, 0.3) is 0 Å². The Balaban J connectivity index is 2.24. The van der Waals surface area contributed by atoms with Crippen molar-refractivity contribution in [2.75, 3.05) is 18.0 Å². The monoisotopic (exact) mass is 295 g/mol. The average Bonchev–Trinajstić information content (AvgIpc) is 2.83. The number of aryl methyl sites for hydroxylation is 1. The van der Waals surface area contributed by atoms with Gasteiger partial charge in [-0.15, -0.1) is 0 Å². The number of aromatic nitrogens is 1. The lowest BCUT2D eigenvalue weighted by Crippen LogP contribution is -2.26. The van der Waals surface area contributed by atoms with E-state index in [9.17, 15) is 13.2 Å². The van der Waals surface area contributed by atoms with Gasteiger partial charge >= 0.3 is 6.18 Å². The molecule has 1 atom stereocenters. The predicted molar refractivity (Wildman–Crippen MR) is 76.3 cm³/mol. The summed E-state index contributed by atoms with van der Waals surface area (Å²) in [5.41, 5.74) is 6.82. The molecule has 2 heterocycles. The third-order valence-electron chi connectivity index (χ3n) is 3.95. The fourth-order valence-corrected chi connectivity index (χ4v) is 2.91. The van der Waals surface area contributed by atoms with Crippen LogP contribution in [0.2, 0.25) is 0 Å². The molecule has 3 rings (SSSR count).